The highest BCUT2D eigenvalue weighted by atomic mass is 35.5. The molecule has 34 heavy (non-hydrogen) atoms. The Labute approximate surface area is 204 Å². The number of benzene rings is 2. The number of imide groups is 1. The van der Waals surface area contributed by atoms with Gasteiger partial charge in [-0.25, -0.2) is 9.48 Å². The van der Waals surface area contributed by atoms with E-state index < -0.39 is 30.5 Å². The van der Waals surface area contributed by atoms with Gasteiger partial charge >= 0.3 is 5.97 Å². The molecule has 0 saturated carbocycles. The number of carbonyl (C=O) groups is 3. The van der Waals surface area contributed by atoms with Crippen LogP contribution in [0.25, 0.3) is 0 Å². The highest BCUT2D eigenvalue weighted by Crippen LogP contribution is 2.31. The fourth-order valence-corrected chi connectivity index (χ4v) is 3.79. The van der Waals surface area contributed by atoms with Crippen LogP contribution in [0, 0.1) is 6.92 Å². The van der Waals surface area contributed by atoms with E-state index in [0.717, 1.165) is 5.56 Å². The number of carbonyl (C=O) groups excluding carboxylic acids is 3. The van der Waals surface area contributed by atoms with Gasteiger partial charge < -0.3 is 14.2 Å². The van der Waals surface area contributed by atoms with Gasteiger partial charge in [-0.05, 0) is 30.7 Å². The van der Waals surface area contributed by atoms with Crippen LogP contribution in [0.15, 0.2) is 48.5 Å². The topological polar surface area (TPSA) is 109 Å². The maximum atomic E-state index is 12.6. The number of rotatable bonds is 6. The Bertz CT molecular complexity index is 1260. The highest BCUT2D eigenvalue weighted by molar-refractivity contribution is 6.33. The molecule has 2 heterocycles. The summed E-state index contributed by atoms with van der Waals surface area (Å²) in [5, 5.41) is 6.98. The molecule has 1 N–H and O–H groups in total. The summed E-state index contributed by atoms with van der Waals surface area (Å²) in [6, 6.07) is 14.0. The smallest absolute Gasteiger partial charge is 0.343 e. The van der Waals surface area contributed by atoms with Crippen molar-refractivity contribution < 1.29 is 28.6 Å². The normalized spacial score (nSPS) is 14.4. The molecular weight excluding hydrogens is 485 g/mol. The lowest BCUT2D eigenvalue weighted by Crippen LogP contribution is -2.47. The Hall–Kier alpha value is -3.56. The molecule has 0 saturated heterocycles. The summed E-state index contributed by atoms with van der Waals surface area (Å²) in [6.07, 6.45) is -1.02. The Kier molecular flexibility index (Phi) is 7.04. The van der Waals surface area contributed by atoms with Crippen LogP contribution in [0.2, 0.25) is 10.2 Å². The molecule has 1 aliphatic heterocycles. The average molecular weight is 504 g/mol. The molecule has 0 fully saturated rings. The maximum absolute atomic E-state index is 12.6. The molecule has 11 heteroatoms. The summed E-state index contributed by atoms with van der Waals surface area (Å²) in [6.45, 7) is 1.08. The molecule has 4 rings (SSSR count). The van der Waals surface area contributed by atoms with E-state index in [-0.39, 0.29) is 23.9 Å². The molecule has 0 spiro atoms. The van der Waals surface area contributed by atoms with Gasteiger partial charge in [0.2, 0.25) is 6.10 Å². The van der Waals surface area contributed by atoms with Crippen molar-refractivity contribution in [2.45, 2.75) is 19.6 Å². The van der Waals surface area contributed by atoms with Crippen molar-refractivity contribution in [3.63, 3.8) is 0 Å². The minimum absolute atomic E-state index is 0.0217. The predicted octanol–water partition coefficient (Wildman–Crippen LogP) is 3.19. The second kappa shape index (κ2) is 10.1. The summed E-state index contributed by atoms with van der Waals surface area (Å²) in [4.78, 5) is 37.0. The van der Waals surface area contributed by atoms with Gasteiger partial charge in [-0.2, -0.15) is 5.10 Å². The van der Waals surface area contributed by atoms with Crippen LogP contribution in [-0.2, 0) is 20.9 Å². The lowest BCUT2D eigenvalue weighted by atomic mass is 10.2. The van der Waals surface area contributed by atoms with E-state index in [1.807, 2.05) is 12.1 Å². The van der Waals surface area contributed by atoms with Crippen molar-refractivity contribution in [1.29, 1.82) is 0 Å². The summed E-state index contributed by atoms with van der Waals surface area (Å²) >= 11 is 12.5. The van der Waals surface area contributed by atoms with Crippen molar-refractivity contribution >= 4 is 41.0 Å². The van der Waals surface area contributed by atoms with Crippen LogP contribution in [-0.4, -0.2) is 46.9 Å². The van der Waals surface area contributed by atoms with Crippen molar-refractivity contribution in [1.82, 2.24) is 15.1 Å². The quantitative estimate of drug-likeness (QED) is 0.514. The lowest BCUT2D eigenvalue weighted by Gasteiger charge is -2.25. The van der Waals surface area contributed by atoms with E-state index >= 15 is 0 Å². The zero-order valence-electron chi connectivity index (χ0n) is 17.9. The first-order chi connectivity index (χ1) is 16.3. The number of esters is 1. The number of halogens is 2. The Morgan fingerprint density at radius 1 is 1.12 bits per heavy atom. The molecular formula is C23H19Cl2N3O6. The molecule has 3 aromatic rings. The van der Waals surface area contributed by atoms with E-state index in [1.165, 1.54) is 4.68 Å². The molecule has 9 nitrogen and oxygen atoms in total. The van der Waals surface area contributed by atoms with Crippen LogP contribution in [0.3, 0.4) is 0 Å². The first kappa shape index (κ1) is 23.6. The molecule has 0 aliphatic carbocycles. The van der Waals surface area contributed by atoms with Crippen molar-refractivity contribution in [2.75, 3.05) is 13.2 Å². The van der Waals surface area contributed by atoms with Gasteiger partial charge in [0.15, 0.2) is 18.1 Å². The third-order valence-electron chi connectivity index (χ3n) is 4.95. The lowest BCUT2D eigenvalue weighted by molar-refractivity contribution is -0.137. The number of amides is 2. The number of para-hydroxylation sites is 2. The standard InChI is InChI=1S/C23H19Cl2N3O6/c1-13-20(21(25)28(27-13)10-14-6-2-3-7-15(14)24)23(31)33-12-19(29)26-22(30)18-11-32-16-8-4-5-9-17(16)34-18/h2-9,18H,10-12H2,1H3,(H,26,29,30). The monoisotopic (exact) mass is 503 g/mol. The number of hydrogen-bond donors (Lipinski definition) is 1. The van der Waals surface area contributed by atoms with Gasteiger partial charge in [-0.1, -0.05) is 53.5 Å². The van der Waals surface area contributed by atoms with Gasteiger partial charge in [0.05, 0.1) is 12.2 Å². The second-order valence-corrected chi connectivity index (χ2v) is 8.12. The largest absolute Gasteiger partial charge is 0.485 e. The fraction of sp³-hybridized carbons (Fsp3) is 0.217. The summed E-state index contributed by atoms with van der Waals surface area (Å²) in [5.74, 6) is -1.47. The van der Waals surface area contributed by atoms with E-state index in [2.05, 4.69) is 10.4 Å². The zero-order valence-corrected chi connectivity index (χ0v) is 19.4. The van der Waals surface area contributed by atoms with Crippen LogP contribution in [0.1, 0.15) is 21.6 Å². The first-order valence-corrected chi connectivity index (χ1v) is 10.9. The van der Waals surface area contributed by atoms with Gasteiger partial charge in [-0.3, -0.25) is 14.9 Å². The van der Waals surface area contributed by atoms with Crippen LogP contribution >= 0.6 is 23.2 Å². The summed E-state index contributed by atoms with van der Waals surface area (Å²) in [5.41, 5.74) is 1.11. The zero-order chi connectivity index (χ0) is 24.2. The highest BCUT2D eigenvalue weighted by Gasteiger charge is 2.29. The Balaban J connectivity index is 1.33. The minimum Gasteiger partial charge on any atom is -0.485 e. The number of aryl methyl sites for hydroxylation is 1. The number of nitrogens with zero attached hydrogens (tertiary/aromatic N) is 2. The van der Waals surface area contributed by atoms with Gasteiger partial charge in [-0.15, -0.1) is 0 Å². The van der Waals surface area contributed by atoms with E-state index in [1.54, 1.807) is 43.3 Å². The number of aromatic nitrogens is 2. The molecule has 2 aromatic carbocycles. The van der Waals surface area contributed by atoms with Crippen LogP contribution in [0.5, 0.6) is 11.5 Å². The molecule has 0 radical (unpaired) electrons. The second-order valence-electron chi connectivity index (χ2n) is 7.35. The van der Waals surface area contributed by atoms with Crippen molar-refractivity contribution in [2.24, 2.45) is 0 Å². The van der Waals surface area contributed by atoms with E-state index in [4.69, 9.17) is 37.4 Å². The van der Waals surface area contributed by atoms with Gasteiger partial charge in [0, 0.05) is 5.02 Å². The molecule has 1 unspecified atom stereocenters. The predicted molar refractivity (Wildman–Crippen MR) is 122 cm³/mol. The van der Waals surface area contributed by atoms with E-state index in [0.29, 0.717) is 22.2 Å². The molecule has 176 valence electrons. The maximum Gasteiger partial charge on any atom is 0.343 e. The third kappa shape index (κ3) is 5.16. The molecule has 1 aliphatic rings. The first-order valence-electron chi connectivity index (χ1n) is 10.2. The number of fused-ring (bicyclic) bond motifs is 1. The number of ether oxygens (including phenoxy) is 3. The minimum atomic E-state index is -1.02. The Morgan fingerprint density at radius 3 is 2.59 bits per heavy atom. The van der Waals surface area contributed by atoms with Crippen molar-refractivity contribution in [3.05, 3.63) is 75.5 Å². The molecule has 2 amide bonds. The number of hydrogen-bond acceptors (Lipinski definition) is 7. The third-order valence-corrected chi connectivity index (χ3v) is 5.70. The van der Waals surface area contributed by atoms with Gasteiger partial charge in [0.1, 0.15) is 17.3 Å². The SMILES string of the molecule is Cc1nn(Cc2ccccc2Cl)c(Cl)c1C(=O)OCC(=O)NC(=O)C1COc2ccccc2O1. The summed E-state index contributed by atoms with van der Waals surface area (Å²) < 4.78 is 17.5. The summed E-state index contributed by atoms with van der Waals surface area (Å²) in [7, 11) is 0. The average Bonchev–Trinajstić information content (AvgIpc) is 3.11. The van der Waals surface area contributed by atoms with Crippen LogP contribution in [0.4, 0.5) is 0 Å². The molecule has 1 aromatic heterocycles. The fourth-order valence-electron chi connectivity index (χ4n) is 3.28. The van der Waals surface area contributed by atoms with Crippen molar-refractivity contribution in [3.8, 4) is 11.5 Å². The van der Waals surface area contributed by atoms with Gasteiger partial charge in [0.25, 0.3) is 11.8 Å². The molecule has 0 bridgehead atoms. The molecule has 1 atom stereocenters. The number of nitrogens with one attached hydrogen (secondary N) is 1. The van der Waals surface area contributed by atoms with E-state index in [9.17, 15) is 14.4 Å². The van der Waals surface area contributed by atoms with Crippen LogP contribution < -0.4 is 14.8 Å². The Morgan fingerprint density at radius 2 is 1.82 bits per heavy atom.